The Morgan fingerprint density at radius 1 is 1.05 bits per heavy atom. The number of morpholine rings is 1. The molecule has 0 spiro atoms. The van der Waals surface area contributed by atoms with Crippen LogP contribution >= 0.6 is 0 Å². The molecule has 0 saturated carbocycles. The van der Waals surface area contributed by atoms with Gasteiger partial charge in [-0.3, -0.25) is 9.69 Å². The zero-order valence-corrected chi connectivity index (χ0v) is 22.6. The number of hydrogen-bond donors (Lipinski definition) is 5. The summed E-state index contributed by atoms with van der Waals surface area (Å²) in [6, 6.07) is 9.23. The average Bonchev–Trinajstić information content (AvgIpc) is 2.99. The van der Waals surface area contributed by atoms with E-state index in [0.29, 0.717) is 46.9 Å². The Bertz CT molecular complexity index is 1230. The zero-order chi connectivity index (χ0) is 27.6. The standard InChI is InChI=1S/C28H37N9O3/c29-25-18-34-27(19-32-25)36-26-15-24(31-16-20-5-7-30-8-6-20)23(17-33-26)28(38)35-21-1-3-22(4-2-21)40-14-11-37-9-12-39-13-10-37/h1-4,15,17-20,30H,5-14,16H2,(H2,29,32)(H,35,38)(H2,31,33,34,36). The average molecular weight is 548 g/mol. The van der Waals surface area contributed by atoms with Crippen molar-refractivity contribution in [2.75, 3.05) is 80.8 Å². The van der Waals surface area contributed by atoms with Crippen LogP contribution in [0.4, 0.5) is 28.8 Å². The molecule has 2 aliphatic rings. The van der Waals surface area contributed by atoms with Gasteiger partial charge in [0.2, 0.25) is 0 Å². The Balaban J connectivity index is 1.22. The highest BCUT2D eigenvalue weighted by Gasteiger charge is 2.18. The van der Waals surface area contributed by atoms with E-state index in [1.165, 1.54) is 12.4 Å². The molecular weight excluding hydrogens is 510 g/mol. The minimum atomic E-state index is -0.250. The first kappa shape index (κ1) is 27.6. The number of nitrogens with zero attached hydrogens (tertiary/aromatic N) is 4. The molecule has 3 aromatic rings. The molecular formula is C28H37N9O3. The summed E-state index contributed by atoms with van der Waals surface area (Å²) in [6.45, 7) is 7.66. The van der Waals surface area contributed by atoms with Crippen LogP contribution in [0.5, 0.6) is 5.75 Å². The Morgan fingerprint density at radius 2 is 1.82 bits per heavy atom. The quantitative estimate of drug-likeness (QED) is 0.241. The first-order chi connectivity index (χ1) is 19.6. The lowest BCUT2D eigenvalue weighted by Gasteiger charge is -2.26. The van der Waals surface area contributed by atoms with E-state index in [0.717, 1.165) is 71.1 Å². The van der Waals surface area contributed by atoms with Crippen LogP contribution in [-0.4, -0.2) is 84.8 Å². The lowest BCUT2D eigenvalue weighted by molar-refractivity contribution is 0.0322. The van der Waals surface area contributed by atoms with Crippen molar-refractivity contribution in [1.82, 2.24) is 25.2 Å². The summed E-state index contributed by atoms with van der Waals surface area (Å²) < 4.78 is 11.3. The van der Waals surface area contributed by atoms with Gasteiger partial charge in [0.05, 0.1) is 36.9 Å². The van der Waals surface area contributed by atoms with E-state index in [4.69, 9.17) is 15.2 Å². The second-order valence-electron chi connectivity index (χ2n) is 9.92. The normalized spacial score (nSPS) is 16.3. The van der Waals surface area contributed by atoms with Gasteiger partial charge >= 0.3 is 0 Å². The number of nitrogens with two attached hydrogens (primary N) is 1. The van der Waals surface area contributed by atoms with E-state index in [1.807, 2.05) is 30.3 Å². The molecule has 2 saturated heterocycles. The lowest BCUT2D eigenvalue weighted by Crippen LogP contribution is -2.38. The molecule has 4 heterocycles. The molecule has 0 radical (unpaired) electrons. The Hall–Kier alpha value is -4.00. The molecule has 2 fully saturated rings. The molecule has 5 rings (SSSR count). The van der Waals surface area contributed by atoms with E-state index in [1.54, 1.807) is 6.20 Å². The third-order valence-corrected chi connectivity index (χ3v) is 7.01. The van der Waals surface area contributed by atoms with Crippen molar-refractivity contribution in [1.29, 1.82) is 0 Å². The predicted octanol–water partition coefficient (Wildman–Crippen LogP) is 2.57. The molecule has 212 valence electrons. The van der Waals surface area contributed by atoms with Crippen molar-refractivity contribution in [3.05, 3.63) is 54.5 Å². The second kappa shape index (κ2) is 13.9. The summed E-state index contributed by atoms with van der Waals surface area (Å²) >= 11 is 0. The van der Waals surface area contributed by atoms with Crippen LogP contribution in [0.1, 0.15) is 23.2 Å². The van der Waals surface area contributed by atoms with Crippen LogP contribution in [0.25, 0.3) is 0 Å². The Labute approximate surface area is 234 Å². The van der Waals surface area contributed by atoms with E-state index in [9.17, 15) is 4.79 Å². The van der Waals surface area contributed by atoms with Gasteiger partial charge in [-0.15, -0.1) is 0 Å². The maximum Gasteiger partial charge on any atom is 0.259 e. The first-order valence-corrected chi connectivity index (χ1v) is 13.8. The molecule has 12 heteroatoms. The smallest absolute Gasteiger partial charge is 0.259 e. The van der Waals surface area contributed by atoms with Crippen molar-refractivity contribution in [3.63, 3.8) is 0 Å². The summed E-state index contributed by atoms with van der Waals surface area (Å²) in [5.74, 6) is 2.43. The highest BCUT2D eigenvalue weighted by molar-refractivity contribution is 6.08. The topological polar surface area (TPSA) is 152 Å². The molecule has 1 aromatic carbocycles. The molecule has 0 unspecified atom stereocenters. The molecule has 6 N–H and O–H groups in total. The molecule has 1 amide bonds. The number of nitrogen functional groups attached to an aromatic ring is 1. The molecule has 0 atom stereocenters. The Morgan fingerprint density at radius 3 is 2.58 bits per heavy atom. The van der Waals surface area contributed by atoms with E-state index < -0.39 is 0 Å². The number of rotatable bonds is 11. The molecule has 0 bridgehead atoms. The van der Waals surface area contributed by atoms with Crippen LogP contribution in [0.3, 0.4) is 0 Å². The van der Waals surface area contributed by atoms with E-state index >= 15 is 0 Å². The number of amides is 1. The molecule has 2 aliphatic heterocycles. The zero-order valence-electron chi connectivity index (χ0n) is 22.6. The first-order valence-electron chi connectivity index (χ1n) is 13.8. The van der Waals surface area contributed by atoms with Crippen LogP contribution in [-0.2, 0) is 4.74 Å². The Kier molecular flexibility index (Phi) is 9.56. The third-order valence-electron chi connectivity index (χ3n) is 7.01. The molecule has 40 heavy (non-hydrogen) atoms. The van der Waals surface area contributed by atoms with Gasteiger partial charge in [0, 0.05) is 44.1 Å². The van der Waals surface area contributed by atoms with Gasteiger partial charge in [0.25, 0.3) is 5.91 Å². The van der Waals surface area contributed by atoms with Crippen LogP contribution in [0, 0.1) is 5.92 Å². The lowest BCUT2D eigenvalue weighted by atomic mass is 9.98. The van der Waals surface area contributed by atoms with Gasteiger partial charge in [-0.1, -0.05) is 0 Å². The van der Waals surface area contributed by atoms with Gasteiger partial charge in [0.1, 0.15) is 29.8 Å². The SMILES string of the molecule is Nc1cnc(Nc2cc(NCC3CCNCC3)c(C(=O)Nc3ccc(OCCN4CCOCC4)cc3)cn2)cn1. The third kappa shape index (κ3) is 8.01. The summed E-state index contributed by atoms with van der Waals surface area (Å²) in [7, 11) is 0. The summed E-state index contributed by atoms with van der Waals surface area (Å²) in [5, 5.41) is 13.0. The number of benzene rings is 1. The van der Waals surface area contributed by atoms with Crippen molar-refractivity contribution < 1.29 is 14.3 Å². The largest absolute Gasteiger partial charge is 0.492 e. The van der Waals surface area contributed by atoms with Crippen molar-refractivity contribution in [2.24, 2.45) is 5.92 Å². The van der Waals surface area contributed by atoms with Crippen LogP contribution < -0.4 is 31.7 Å². The summed E-state index contributed by atoms with van der Waals surface area (Å²) in [5.41, 5.74) is 7.46. The molecule has 2 aromatic heterocycles. The van der Waals surface area contributed by atoms with Gasteiger partial charge in [-0.2, -0.15) is 0 Å². The van der Waals surface area contributed by atoms with E-state index in [-0.39, 0.29) is 5.91 Å². The van der Waals surface area contributed by atoms with Crippen LogP contribution in [0.2, 0.25) is 0 Å². The number of pyridine rings is 1. The summed E-state index contributed by atoms with van der Waals surface area (Å²) in [6.07, 6.45) is 6.76. The highest BCUT2D eigenvalue weighted by Crippen LogP contribution is 2.24. The number of carbonyl (C=O) groups is 1. The summed E-state index contributed by atoms with van der Waals surface area (Å²) in [4.78, 5) is 28.4. The highest BCUT2D eigenvalue weighted by atomic mass is 16.5. The predicted molar refractivity (Wildman–Crippen MR) is 155 cm³/mol. The number of aromatic nitrogens is 3. The number of anilines is 5. The maximum absolute atomic E-state index is 13.3. The van der Waals surface area contributed by atoms with Gasteiger partial charge in [0.15, 0.2) is 0 Å². The number of carbonyl (C=O) groups excluding carboxylic acids is 1. The van der Waals surface area contributed by atoms with E-state index in [2.05, 4.69) is 41.1 Å². The monoisotopic (exact) mass is 547 g/mol. The second-order valence-corrected chi connectivity index (χ2v) is 9.92. The number of hydrogen-bond acceptors (Lipinski definition) is 11. The molecule has 0 aliphatic carbocycles. The molecule has 12 nitrogen and oxygen atoms in total. The maximum atomic E-state index is 13.3. The minimum absolute atomic E-state index is 0.250. The van der Waals surface area contributed by atoms with Crippen molar-refractivity contribution >= 4 is 34.7 Å². The number of ether oxygens (including phenoxy) is 2. The number of nitrogens with one attached hydrogen (secondary N) is 4. The van der Waals surface area contributed by atoms with Gasteiger partial charge in [-0.25, -0.2) is 15.0 Å². The number of piperidine rings is 1. The van der Waals surface area contributed by atoms with Crippen molar-refractivity contribution in [3.8, 4) is 5.75 Å². The van der Waals surface area contributed by atoms with Gasteiger partial charge < -0.3 is 36.5 Å². The van der Waals surface area contributed by atoms with Crippen LogP contribution in [0.15, 0.2) is 48.9 Å². The van der Waals surface area contributed by atoms with Crippen molar-refractivity contribution in [2.45, 2.75) is 12.8 Å². The van der Waals surface area contributed by atoms with Gasteiger partial charge in [-0.05, 0) is 56.1 Å². The fourth-order valence-corrected chi connectivity index (χ4v) is 4.68. The fraction of sp³-hybridized carbons (Fsp3) is 0.429. The minimum Gasteiger partial charge on any atom is -0.492 e. The fourth-order valence-electron chi connectivity index (χ4n) is 4.68.